The summed E-state index contributed by atoms with van der Waals surface area (Å²) >= 11 is 5.78. The van der Waals surface area contributed by atoms with Crippen molar-refractivity contribution in [2.45, 2.75) is 19.6 Å². The smallest absolute Gasteiger partial charge is 0.261 e. The quantitative estimate of drug-likeness (QED) is 0.649. The average Bonchev–Trinajstić information content (AvgIpc) is 2.60. The van der Waals surface area contributed by atoms with Gasteiger partial charge in [-0.15, -0.1) is 11.6 Å². The maximum atomic E-state index is 12.7. The van der Waals surface area contributed by atoms with Crippen LogP contribution in [-0.2, 0) is 13.2 Å². The van der Waals surface area contributed by atoms with Crippen molar-refractivity contribution in [3.8, 4) is 5.75 Å². The molecule has 2 aromatic carbocycles. The number of hydrogen-bond acceptors (Lipinski definition) is 3. The minimum absolute atomic E-state index is 0.0487. The summed E-state index contributed by atoms with van der Waals surface area (Å²) in [4.78, 5) is 17.3. The number of nitrogens with zero attached hydrogens (tertiary/aromatic N) is 2. The van der Waals surface area contributed by atoms with Crippen LogP contribution in [0.5, 0.6) is 5.75 Å². The van der Waals surface area contributed by atoms with Crippen LogP contribution in [0, 0.1) is 0 Å². The lowest BCUT2D eigenvalue weighted by Gasteiger charge is -2.14. The maximum absolute atomic E-state index is 12.7. The van der Waals surface area contributed by atoms with Crippen LogP contribution in [-0.4, -0.2) is 15.4 Å². The summed E-state index contributed by atoms with van der Waals surface area (Å²) in [5.41, 5.74) is 0.638. The van der Waals surface area contributed by atoms with Crippen molar-refractivity contribution in [1.29, 1.82) is 0 Å². The molecule has 0 aliphatic rings. The van der Waals surface area contributed by atoms with Crippen LogP contribution in [0.2, 0.25) is 0 Å². The molecule has 0 spiro atoms. The van der Waals surface area contributed by atoms with E-state index >= 15 is 0 Å². The second-order valence-electron chi connectivity index (χ2n) is 5.15. The van der Waals surface area contributed by atoms with Gasteiger partial charge in [0, 0.05) is 12.4 Å². The predicted molar refractivity (Wildman–Crippen MR) is 92.1 cm³/mol. The zero-order valence-electron chi connectivity index (χ0n) is 12.6. The fourth-order valence-corrected chi connectivity index (χ4v) is 2.56. The molecule has 4 nitrogen and oxygen atoms in total. The summed E-state index contributed by atoms with van der Waals surface area (Å²) in [5.74, 6) is 1.86. The van der Waals surface area contributed by atoms with Gasteiger partial charge < -0.3 is 4.74 Å². The first-order valence-electron chi connectivity index (χ1n) is 7.52. The Morgan fingerprint density at radius 3 is 2.57 bits per heavy atom. The van der Waals surface area contributed by atoms with Gasteiger partial charge in [0.25, 0.3) is 5.56 Å². The number of aromatic nitrogens is 2. The Morgan fingerprint density at radius 1 is 1.04 bits per heavy atom. The van der Waals surface area contributed by atoms with Crippen LogP contribution in [0.25, 0.3) is 10.9 Å². The molecule has 0 bridgehead atoms. The molecule has 0 aliphatic carbocycles. The number of ether oxygens (including phenoxy) is 1. The molecule has 0 fully saturated rings. The highest BCUT2D eigenvalue weighted by atomic mass is 35.5. The van der Waals surface area contributed by atoms with Gasteiger partial charge in [0.2, 0.25) is 0 Å². The molecular weight excluding hydrogens is 312 g/mol. The van der Waals surface area contributed by atoms with Gasteiger partial charge in [-0.25, -0.2) is 4.98 Å². The molecule has 0 unspecified atom stereocenters. The lowest BCUT2D eigenvalue weighted by atomic mass is 10.2. The first-order valence-corrected chi connectivity index (χ1v) is 8.05. The third-order valence-electron chi connectivity index (χ3n) is 3.57. The van der Waals surface area contributed by atoms with Crippen molar-refractivity contribution in [1.82, 2.24) is 9.55 Å². The number of hydrogen-bond donors (Lipinski definition) is 0. The van der Waals surface area contributed by atoms with Crippen LogP contribution in [0.1, 0.15) is 12.2 Å². The highest BCUT2D eigenvalue weighted by molar-refractivity contribution is 6.17. The number of rotatable bonds is 6. The SMILES string of the molecule is O=c1c2ccccc2nc(COc2ccccc2)n1CCCCl. The first-order chi connectivity index (χ1) is 11.3. The van der Waals surface area contributed by atoms with Crippen LogP contribution in [0.15, 0.2) is 59.4 Å². The average molecular weight is 329 g/mol. The standard InChI is InChI=1S/C18H17ClN2O2/c19-11-6-12-21-17(13-23-14-7-2-1-3-8-14)20-16-10-5-4-9-15(16)18(21)22/h1-5,7-10H,6,11-13H2. The Hall–Kier alpha value is -2.33. The van der Waals surface area contributed by atoms with Crippen molar-refractivity contribution in [2.24, 2.45) is 0 Å². The van der Waals surface area contributed by atoms with E-state index in [1.807, 2.05) is 48.5 Å². The maximum Gasteiger partial charge on any atom is 0.261 e. The molecule has 0 radical (unpaired) electrons. The van der Waals surface area contributed by atoms with Gasteiger partial charge in [0.05, 0.1) is 10.9 Å². The van der Waals surface area contributed by atoms with Crippen molar-refractivity contribution >= 4 is 22.5 Å². The molecule has 0 saturated carbocycles. The van der Waals surface area contributed by atoms with E-state index in [-0.39, 0.29) is 12.2 Å². The van der Waals surface area contributed by atoms with Gasteiger partial charge >= 0.3 is 0 Å². The first kappa shape index (κ1) is 15.6. The Labute approximate surface area is 139 Å². The zero-order chi connectivity index (χ0) is 16.1. The summed E-state index contributed by atoms with van der Waals surface area (Å²) in [6, 6.07) is 16.9. The van der Waals surface area contributed by atoms with Crippen LogP contribution in [0.4, 0.5) is 0 Å². The molecule has 0 saturated heterocycles. The fourth-order valence-electron chi connectivity index (χ4n) is 2.44. The zero-order valence-corrected chi connectivity index (χ0v) is 13.4. The van der Waals surface area contributed by atoms with Crippen molar-refractivity contribution in [2.75, 3.05) is 5.88 Å². The van der Waals surface area contributed by atoms with E-state index in [0.29, 0.717) is 35.6 Å². The van der Waals surface area contributed by atoms with E-state index < -0.39 is 0 Å². The summed E-state index contributed by atoms with van der Waals surface area (Å²) in [7, 11) is 0. The Morgan fingerprint density at radius 2 is 1.78 bits per heavy atom. The van der Waals surface area contributed by atoms with Gasteiger partial charge in [0.1, 0.15) is 18.2 Å². The number of para-hydroxylation sites is 2. The summed E-state index contributed by atoms with van der Waals surface area (Å²) < 4.78 is 7.42. The molecule has 118 valence electrons. The lowest BCUT2D eigenvalue weighted by molar-refractivity contribution is 0.286. The number of alkyl halides is 1. The highest BCUT2D eigenvalue weighted by Gasteiger charge is 2.11. The topological polar surface area (TPSA) is 44.1 Å². The van der Waals surface area contributed by atoms with Crippen LogP contribution < -0.4 is 10.3 Å². The number of halogens is 1. The number of benzene rings is 2. The van der Waals surface area contributed by atoms with Gasteiger partial charge in [-0.2, -0.15) is 0 Å². The van der Waals surface area contributed by atoms with E-state index in [9.17, 15) is 4.79 Å². The molecule has 1 aromatic heterocycles. The normalized spacial score (nSPS) is 10.8. The fraction of sp³-hybridized carbons (Fsp3) is 0.222. The second-order valence-corrected chi connectivity index (χ2v) is 5.52. The van der Waals surface area contributed by atoms with Gasteiger partial charge in [-0.1, -0.05) is 30.3 Å². The molecule has 23 heavy (non-hydrogen) atoms. The van der Waals surface area contributed by atoms with E-state index in [1.54, 1.807) is 10.6 Å². The van der Waals surface area contributed by atoms with E-state index in [1.165, 1.54) is 0 Å². The van der Waals surface area contributed by atoms with Crippen LogP contribution >= 0.6 is 11.6 Å². The lowest BCUT2D eigenvalue weighted by Crippen LogP contribution is -2.26. The summed E-state index contributed by atoms with van der Waals surface area (Å²) in [6.07, 6.45) is 0.708. The van der Waals surface area contributed by atoms with E-state index in [2.05, 4.69) is 4.98 Å². The summed E-state index contributed by atoms with van der Waals surface area (Å²) in [5, 5.41) is 0.616. The highest BCUT2D eigenvalue weighted by Crippen LogP contribution is 2.13. The van der Waals surface area contributed by atoms with Crippen molar-refractivity contribution in [3.63, 3.8) is 0 Å². The molecule has 0 atom stereocenters. The predicted octanol–water partition coefficient (Wildman–Crippen LogP) is 3.60. The van der Waals surface area contributed by atoms with Gasteiger partial charge in [0.15, 0.2) is 0 Å². The Kier molecular flexibility index (Phi) is 4.93. The molecule has 3 aromatic rings. The largest absolute Gasteiger partial charge is 0.486 e. The van der Waals surface area contributed by atoms with E-state index in [0.717, 1.165) is 5.75 Å². The molecular formula is C18H17ClN2O2. The van der Waals surface area contributed by atoms with Crippen molar-refractivity contribution < 1.29 is 4.74 Å². The third-order valence-corrected chi connectivity index (χ3v) is 3.83. The monoisotopic (exact) mass is 328 g/mol. The summed E-state index contributed by atoms with van der Waals surface area (Å²) in [6.45, 7) is 0.778. The third kappa shape index (κ3) is 3.54. The number of fused-ring (bicyclic) bond motifs is 1. The molecule has 0 amide bonds. The molecule has 0 aliphatic heterocycles. The van der Waals surface area contributed by atoms with E-state index in [4.69, 9.17) is 16.3 Å². The minimum atomic E-state index is -0.0487. The molecule has 5 heteroatoms. The van der Waals surface area contributed by atoms with Crippen LogP contribution in [0.3, 0.4) is 0 Å². The van der Waals surface area contributed by atoms with Crippen molar-refractivity contribution in [3.05, 3.63) is 70.8 Å². The Bertz CT molecular complexity index is 847. The molecule has 1 heterocycles. The molecule has 0 N–H and O–H groups in total. The Balaban J connectivity index is 1.97. The van der Waals surface area contributed by atoms with Gasteiger partial charge in [-0.05, 0) is 30.7 Å². The molecule has 3 rings (SSSR count). The minimum Gasteiger partial charge on any atom is -0.486 e. The van der Waals surface area contributed by atoms with Gasteiger partial charge in [-0.3, -0.25) is 9.36 Å². The second kappa shape index (κ2) is 7.29.